The lowest BCUT2D eigenvalue weighted by molar-refractivity contribution is 0.0312. The molecule has 0 amide bonds. The summed E-state index contributed by atoms with van der Waals surface area (Å²) in [7, 11) is 1.67. The van der Waals surface area contributed by atoms with Crippen LogP contribution in [0.25, 0.3) is 0 Å². The number of hydrogen-bond donors (Lipinski definition) is 2. The summed E-state index contributed by atoms with van der Waals surface area (Å²) in [5.41, 5.74) is 7.87. The van der Waals surface area contributed by atoms with Crippen LogP contribution >= 0.6 is 24.0 Å². The minimum absolute atomic E-state index is 0. The minimum atomic E-state index is -0.299. The summed E-state index contributed by atoms with van der Waals surface area (Å²) < 4.78 is 5.30. The van der Waals surface area contributed by atoms with Crippen molar-refractivity contribution in [2.75, 3.05) is 19.0 Å². The molecule has 1 unspecified atom stereocenters. The molecule has 0 aliphatic carbocycles. The molecule has 3 N–H and O–H groups in total. The average molecular weight is 405 g/mol. The van der Waals surface area contributed by atoms with Crippen LogP contribution < -0.4 is 11.1 Å². The monoisotopic (exact) mass is 405 g/mol. The number of halogens is 1. The summed E-state index contributed by atoms with van der Waals surface area (Å²) in [4.78, 5) is 4.29. The van der Waals surface area contributed by atoms with Gasteiger partial charge in [0.25, 0.3) is 0 Å². The summed E-state index contributed by atoms with van der Waals surface area (Å²) >= 11 is 0. The summed E-state index contributed by atoms with van der Waals surface area (Å²) in [6, 6.07) is 8.32. The van der Waals surface area contributed by atoms with Gasteiger partial charge in [0, 0.05) is 12.8 Å². The normalized spacial score (nSPS) is 13.5. The highest BCUT2D eigenvalue weighted by atomic mass is 127. The molecular weight excluding hydrogens is 377 g/mol. The highest BCUT2D eigenvalue weighted by Crippen LogP contribution is 2.20. The number of benzene rings is 1. The Bertz CT molecular complexity index is 443. The third-order valence-corrected chi connectivity index (χ3v) is 3.55. The first-order valence-electron chi connectivity index (χ1n) is 7.10. The van der Waals surface area contributed by atoms with Gasteiger partial charge in [-0.25, -0.2) is 0 Å². The number of rotatable bonds is 6. The second kappa shape index (κ2) is 9.25. The molecule has 0 aromatic heterocycles. The molecule has 1 aromatic carbocycles. The number of nitrogens with zero attached hydrogens (tertiary/aromatic N) is 1. The van der Waals surface area contributed by atoms with Gasteiger partial charge in [0.05, 0.1) is 12.1 Å². The second-order valence-electron chi connectivity index (χ2n) is 5.72. The quantitative estimate of drug-likeness (QED) is 0.428. The van der Waals surface area contributed by atoms with Crippen molar-refractivity contribution in [3.05, 3.63) is 29.8 Å². The average Bonchev–Trinajstić information content (AvgIpc) is 2.45. The van der Waals surface area contributed by atoms with Crippen molar-refractivity contribution in [2.24, 2.45) is 10.7 Å². The summed E-state index contributed by atoms with van der Waals surface area (Å²) in [6.45, 7) is 8.90. The lowest BCUT2D eigenvalue weighted by Gasteiger charge is -2.20. The van der Waals surface area contributed by atoms with Gasteiger partial charge < -0.3 is 15.8 Å². The van der Waals surface area contributed by atoms with Crippen molar-refractivity contribution in [2.45, 2.75) is 45.6 Å². The van der Waals surface area contributed by atoms with E-state index in [1.54, 1.807) is 7.11 Å². The molecule has 0 heterocycles. The number of anilines is 1. The van der Waals surface area contributed by atoms with Gasteiger partial charge in [-0.2, -0.15) is 0 Å². The van der Waals surface area contributed by atoms with E-state index in [-0.39, 0.29) is 29.6 Å². The van der Waals surface area contributed by atoms with E-state index >= 15 is 0 Å². The molecule has 1 atom stereocenters. The molecule has 1 aromatic rings. The van der Waals surface area contributed by atoms with Crippen molar-refractivity contribution in [1.82, 2.24) is 0 Å². The fourth-order valence-corrected chi connectivity index (χ4v) is 1.66. The summed E-state index contributed by atoms with van der Waals surface area (Å²) in [5.74, 6) is 0.990. The SMILES string of the molecule is CCC(C)c1ccc(NC(N)=NCC(C)(C)OC)cc1.I. The van der Waals surface area contributed by atoms with Crippen LogP contribution in [0.15, 0.2) is 29.3 Å². The maximum Gasteiger partial charge on any atom is 0.193 e. The molecule has 5 heteroatoms. The van der Waals surface area contributed by atoms with Crippen molar-refractivity contribution in [3.63, 3.8) is 0 Å². The van der Waals surface area contributed by atoms with E-state index in [1.807, 2.05) is 26.0 Å². The molecule has 0 saturated heterocycles. The third-order valence-electron chi connectivity index (χ3n) is 3.55. The molecular formula is C16H28IN3O. The van der Waals surface area contributed by atoms with Crippen molar-refractivity contribution >= 4 is 35.6 Å². The predicted molar refractivity (Wildman–Crippen MR) is 102 cm³/mol. The van der Waals surface area contributed by atoms with E-state index in [0.29, 0.717) is 18.4 Å². The van der Waals surface area contributed by atoms with Crippen LogP contribution in [0.1, 0.15) is 45.6 Å². The van der Waals surface area contributed by atoms with E-state index < -0.39 is 0 Å². The Kier molecular flexibility index (Phi) is 8.89. The number of nitrogens with one attached hydrogen (secondary N) is 1. The van der Waals surface area contributed by atoms with Gasteiger partial charge in [-0.15, -0.1) is 24.0 Å². The van der Waals surface area contributed by atoms with Crippen LogP contribution in [-0.2, 0) is 4.74 Å². The number of guanidine groups is 1. The van der Waals surface area contributed by atoms with Crippen molar-refractivity contribution < 1.29 is 4.74 Å². The number of methoxy groups -OCH3 is 1. The van der Waals surface area contributed by atoms with Crippen LogP contribution in [0, 0.1) is 0 Å². The standard InChI is InChI=1S/C16H27N3O.HI/c1-6-12(2)13-7-9-14(10-8-13)19-15(17)18-11-16(3,4)20-5;/h7-10,12H,6,11H2,1-5H3,(H3,17,18,19);1H. The first kappa shape index (κ1) is 20.2. The van der Waals surface area contributed by atoms with E-state index in [9.17, 15) is 0 Å². The second-order valence-corrected chi connectivity index (χ2v) is 5.72. The van der Waals surface area contributed by atoms with Gasteiger partial charge >= 0.3 is 0 Å². The van der Waals surface area contributed by atoms with Gasteiger partial charge in [-0.05, 0) is 43.9 Å². The Labute approximate surface area is 145 Å². The number of nitrogens with two attached hydrogens (primary N) is 1. The maximum atomic E-state index is 5.87. The van der Waals surface area contributed by atoms with Gasteiger partial charge in [-0.3, -0.25) is 4.99 Å². The van der Waals surface area contributed by atoms with Gasteiger partial charge in [0.15, 0.2) is 5.96 Å². The van der Waals surface area contributed by atoms with Crippen molar-refractivity contribution in [3.8, 4) is 0 Å². The molecule has 0 aliphatic rings. The maximum absolute atomic E-state index is 5.87. The fourth-order valence-electron chi connectivity index (χ4n) is 1.66. The summed E-state index contributed by atoms with van der Waals surface area (Å²) in [5, 5.41) is 3.09. The topological polar surface area (TPSA) is 59.6 Å². The molecule has 21 heavy (non-hydrogen) atoms. The smallest absolute Gasteiger partial charge is 0.193 e. The third kappa shape index (κ3) is 7.13. The first-order chi connectivity index (χ1) is 9.38. The van der Waals surface area contributed by atoms with E-state index in [0.717, 1.165) is 12.1 Å². The lowest BCUT2D eigenvalue weighted by atomic mass is 9.99. The predicted octanol–water partition coefficient (Wildman–Crippen LogP) is 3.97. The van der Waals surface area contributed by atoms with Gasteiger partial charge in [0.1, 0.15) is 0 Å². The Morgan fingerprint density at radius 1 is 1.33 bits per heavy atom. The lowest BCUT2D eigenvalue weighted by Crippen LogP contribution is -2.30. The van der Waals surface area contributed by atoms with E-state index in [4.69, 9.17) is 10.5 Å². The number of hydrogen-bond acceptors (Lipinski definition) is 2. The van der Waals surface area contributed by atoms with E-state index in [2.05, 4.69) is 36.3 Å². The zero-order valence-electron chi connectivity index (χ0n) is 13.6. The largest absolute Gasteiger partial charge is 0.377 e. The zero-order valence-corrected chi connectivity index (χ0v) is 16.0. The van der Waals surface area contributed by atoms with Crippen LogP contribution in [0.2, 0.25) is 0 Å². The van der Waals surface area contributed by atoms with Crippen LogP contribution in [-0.4, -0.2) is 25.2 Å². The van der Waals surface area contributed by atoms with Crippen LogP contribution in [0.3, 0.4) is 0 Å². The molecule has 0 saturated carbocycles. The molecule has 0 spiro atoms. The number of ether oxygens (including phenoxy) is 1. The fraction of sp³-hybridized carbons (Fsp3) is 0.562. The van der Waals surface area contributed by atoms with Crippen LogP contribution in [0.4, 0.5) is 5.69 Å². The molecule has 4 nitrogen and oxygen atoms in total. The Morgan fingerprint density at radius 3 is 2.38 bits per heavy atom. The molecule has 0 fully saturated rings. The molecule has 0 radical (unpaired) electrons. The zero-order chi connectivity index (χ0) is 15.2. The van der Waals surface area contributed by atoms with Gasteiger partial charge in [-0.1, -0.05) is 26.0 Å². The minimum Gasteiger partial charge on any atom is -0.377 e. The molecule has 120 valence electrons. The van der Waals surface area contributed by atoms with Gasteiger partial charge in [0.2, 0.25) is 0 Å². The Hall–Kier alpha value is -0.820. The molecule has 1 rings (SSSR count). The van der Waals surface area contributed by atoms with Crippen molar-refractivity contribution in [1.29, 1.82) is 0 Å². The highest BCUT2D eigenvalue weighted by Gasteiger charge is 2.15. The summed E-state index contributed by atoms with van der Waals surface area (Å²) in [6.07, 6.45) is 1.14. The Morgan fingerprint density at radius 2 is 1.90 bits per heavy atom. The highest BCUT2D eigenvalue weighted by molar-refractivity contribution is 14.0. The Balaban J connectivity index is 0.00000400. The number of aliphatic imine (C=N–C) groups is 1. The van der Waals surface area contributed by atoms with E-state index in [1.165, 1.54) is 5.56 Å². The van der Waals surface area contributed by atoms with Crippen LogP contribution in [0.5, 0.6) is 0 Å². The molecule has 0 bridgehead atoms. The first-order valence-corrected chi connectivity index (χ1v) is 7.10. The molecule has 0 aliphatic heterocycles.